The minimum Gasteiger partial charge on any atom is -0.371 e. The van der Waals surface area contributed by atoms with Gasteiger partial charge in [-0.25, -0.2) is 0 Å². The van der Waals surface area contributed by atoms with Crippen LogP contribution in [-0.2, 0) is 13.0 Å². The molecule has 1 saturated heterocycles. The second-order valence-electron chi connectivity index (χ2n) is 6.81. The van der Waals surface area contributed by atoms with Gasteiger partial charge in [-0.05, 0) is 41.5 Å². The molecular formula is C16H24N2. The van der Waals surface area contributed by atoms with E-state index in [-0.39, 0.29) is 0 Å². The second-order valence-corrected chi connectivity index (χ2v) is 6.81. The van der Waals surface area contributed by atoms with Crippen LogP contribution in [0, 0.1) is 11.3 Å². The smallest absolute Gasteiger partial charge is 0.0414 e. The summed E-state index contributed by atoms with van der Waals surface area (Å²) in [5, 5.41) is 3.50. The molecule has 0 amide bonds. The average molecular weight is 244 g/mol. The molecule has 1 aromatic rings. The zero-order valence-electron chi connectivity index (χ0n) is 11.8. The zero-order chi connectivity index (χ0) is 12.8. The van der Waals surface area contributed by atoms with Crippen molar-refractivity contribution in [1.82, 2.24) is 5.32 Å². The van der Waals surface area contributed by atoms with Gasteiger partial charge in [0, 0.05) is 25.3 Å². The Labute approximate surface area is 110 Å². The van der Waals surface area contributed by atoms with Gasteiger partial charge in [-0.3, -0.25) is 0 Å². The number of nitrogens with zero attached hydrogens (tertiary/aromatic N) is 1. The maximum Gasteiger partial charge on any atom is 0.0414 e. The molecule has 18 heavy (non-hydrogen) atoms. The van der Waals surface area contributed by atoms with Gasteiger partial charge in [-0.1, -0.05) is 32.9 Å². The normalized spacial score (nSPS) is 20.5. The summed E-state index contributed by atoms with van der Waals surface area (Å²) in [6.45, 7) is 11.7. The van der Waals surface area contributed by atoms with E-state index in [4.69, 9.17) is 0 Å². The van der Waals surface area contributed by atoms with Gasteiger partial charge in [0.25, 0.3) is 0 Å². The minimum atomic E-state index is 0.448. The molecule has 3 rings (SSSR count). The van der Waals surface area contributed by atoms with Crippen molar-refractivity contribution in [3.8, 4) is 0 Å². The number of benzene rings is 1. The Morgan fingerprint density at radius 1 is 1.22 bits per heavy atom. The van der Waals surface area contributed by atoms with E-state index in [9.17, 15) is 0 Å². The Morgan fingerprint density at radius 2 is 2.00 bits per heavy atom. The summed E-state index contributed by atoms with van der Waals surface area (Å²) < 4.78 is 0. The highest BCUT2D eigenvalue weighted by Crippen LogP contribution is 2.38. The fourth-order valence-electron chi connectivity index (χ4n) is 3.02. The predicted molar refractivity (Wildman–Crippen MR) is 77.0 cm³/mol. The summed E-state index contributed by atoms with van der Waals surface area (Å²) in [7, 11) is 0. The summed E-state index contributed by atoms with van der Waals surface area (Å²) in [6, 6.07) is 6.81. The van der Waals surface area contributed by atoms with Crippen molar-refractivity contribution in [1.29, 1.82) is 0 Å². The van der Waals surface area contributed by atoms with Gasteiger partial charge in [0.2, 0.25) is 0 Å². The molecule has 2 heteroatoms. The Balaban J connectivity index is 1.79. The third-order valence-electron chi connectivity index (χ3n) is 4.57. The van der Waals surface area contributed by atoms with Crippen LogP contribution in [0.5, 0.6) is 0 Å². The van der Waals surface area contributed by atoms with Crippen LogP contribution < -0.4 is 10.2 Å². The van der Waals surface area contributed by atoms with Crippen molar-refractivity contribution in [2.24, 2.45) is 11.3 Å². The molecular weight excluding hydrogens is 220 g/mol. The molecule has 2 aliphatic heterocycles. The Hall–Kier alpha value is -1.02. The average Bonchev–Trinajstić information content (AvgIpc) is 2.25. The molecule has 2 heterocycles. The molecule has 1 fully saturated rings. The van der Waals surface area contributed by atoms with Crippen LogP contribution in [0.25, 0.3) is 0 Å². The summed E-state index contributed by atoms with van der Waals surface area (Å²) in [6.07, 6.45) is 1.18. The molecule has 2 nitrogen and oxygen atoms in total. The lowest BCUT2D eigenvalue weighted by Gasteiger charge is -2.48. The van der Waals surface area contributed by atoms with Crippen molar-refractivity contribution in [2.45, 2.75) is 33.7 Å². The first-order valence-electron chi connectivity index (χ1n) is 7.12. The van der Waals surface area contributed by atoms with Crippen LogP contribution in [0.4, 0.5) is 5.69 Å². The molecule has 1 aromatic carbocycles. The van der Waals surface area contributed by atoms with Crippen LogP contribution in [0.1, 0.15) is 31.9 Å². The van der Waals surface area contributed by atoms with E-state index in [2.05, 4.69) is 49.2 Å². The summed E-state index contributed by atoms with van der Waals surface area (Å²) in [5.74, 6) is 0.838. The number of hydrogen-bond donors (Lipinski definition) is 1. The van der Waals surface area contributed by atoms with Gasteiger partial charge in [-0.15, -0.1) is 0 Å². The molecule has 0 bridgehead atoms. The van der Waals surface area contributed by atoms with Gasteiger partial charge in [-0.2, -0.15) is 0 Å². The van der Waals surface area contributed by atoms with Crippen LogP contribution in [0.3, 0.4) is 0 Å². The van der Waals surface area contributed by atoms with Gasteiger partial charge in [0.05, 0.1) is 0 Å². The fourth-order valence-corrected chi connectivity index (χ4v) is 3.02. The van der Waals surface area contributed by atoms with E-state index in [0.717, 1.165) is 19.0 Å². The van der Waals surface area contributed by atoms with Crippen molar-refractivity contribution < 1.29 is 0 Å². The zero-order valence-corrected chi connectivity index (χ0v) is 11.8. The van der Waals surface area contributed by atoms with Crippen molar-refractivity contribution in [3.05, 3.63) is 29.3 Å². The Bertz CT molecular complexity index is 439. The monoisotopic (exact) mass is 244 g/mol. The maximum absolute atomic E-state index is 3.50. The molecule has 98 valence electrons. The Morgan fingerprint density at radius 3 is 2.72 bits per heavy atom. The third kappa shape index (κ3) is 2.03. The minimum absolute atomic E-state index is 0.448. The fraction of sp³-hybridized carbons (Fsp3) is 0.625. The topological polar surface area (TPSA) is 15.3 Å². The third-order valence-corrected chi connectivity index (χ3v) is 4.57. The van der Waals surface area contributed by atoms with Gasteiger partial charge in [0.15, 0.2) is 0 Å². The van der Waals surface area contributed by atoms with Crippen LogP contribution >= 0.6 is 0 Å². The van der Waals surface area contributed by atoms with Crippen LogP contribution in [0.15, 0.2) is 18.2 Å². The van der Waals surface area contributed by atoms with Crippen molar-refractivity contribution in [3.63, 3.8) is 0 Å². The number of anilines is 1. The van der Waals surface area contributed by atoms with Gasteiger partial charge < -0.3 is 10.2 Å². The highest BCUT2D eigenvalue weighted by Gasteiger charge is 2.36. The van der Waals surface area contributed by atoms with E-state index in [1.165, 1.54) is 30.8 Å². The first-order valence-corrected chi connectivity index (χ1v) is 7.12. The lowest BCUT2D eigenvalue weighted by atomic mass is 9.75. The van der Waals surface area contributed by atoms with E-state index in [0.29, 0.717) is 5.41 Å². The predicted octanol–water partition coefficient (Wildman–Crippen LogP) is 2.81. The Kier molecular flexibility index (Phi) is 2.86. The number of rotatable bonds is 1. The highest BCUT2D eigenvalue weighted by molar-refractivity contribution is 5.59. The van der Waals surface area contributed by atoms with Crippen molar-refractivity contribution in [2.75, 3.05) is 24.5 Å². The van der Waals surface area contributed by atoms with Gasteiger partial charge in [0.1, 0.15) is 0 Å². The molecule has 0 radical (unpaired) electrons. The lowest BCUT2D eigenvalue weighted by molar-refractivity contribution is 0.195. The molecule has 0 unspecified atom stereocenters. The molecule has 1 N–H and O–H groups in total. The largest absolute Gasteiger partial charge is 0.371 e. The molecule has 0 atom stereocenters. The van der Waals surface area contributed by atoms with Crippen LogP contribution in [-0.4, -0.2) is 19.6 Å². The lowest BCUT2D eigenvalue weighted by Crippen LogP contribution is -2.52. The van der Waals surface area contributed by atoms with Gasteiger partial charge >= 0.3 is 0 Å². The summed E-state index contributed by atoms with van der Waals surface area (Å²) in [5.41, 5.74) is 5.01. The molecule has 0 aliphatic carbocycles. The van der Waals surface area contributed by atoms with Crippen LogP contribution in [0.2, 0.25) is 0 Å². The van der Waals surface area contributed by atoms with Crippen molar-refractivity contribution >= 4 is 5.69 Å². The molecule has 0 saturated carbocycles. The quantitative estimate of drug-likeness (QED) is 0.817. The number of nitrogens with one attached hydrogen (secondary N) is 1. The standard InChI is InChI=1S/C16H24N2/c1-16(2,3)13-10-18(11-13)15-6-4-5-12-7-8-17-9-14(12)15/h4-6,13,17H,7-11H2,1-3H3. The maximum atomic E-state index is 3.50. The SMILES string of the molecule is CC(C)(C)C1CN(c2cccc3c2CNCC3)C1. The summed E-state index contributed by atoms with van der Waals surface area (Å²) >= 11 is 0. The molecule has 2 aliphatic rings. The first kappa shape index (κ1) is 12.0. The summed E-state index contributed by atoms with van der Waals surface area (Å²) in [4.78, 5) is 2.56. The van der Waals surface area contributed by atoms with E-state index < -0.39 is 0 Å². The molecule has 0 aromatic heterocycles. The number of fused-ring (bicyclic) bond motifs is 1. The second kappa shape index (κ2) is 4.27. The molecule has 0 spiro atoms. The highest BCUT2D eigenvalue weighted by atomic mass is 15.2. The van der Waals surface area contributed by atoms with E-state index >= 15 is 0 Å². The first-order chi connectivity index (χ1) is 8.55. The van der Waals surface area contributed by atoms with E-state index in [1.807, 2.05) is 0 Å². The van der Waals surface area contributed by atoms with E-state index in [1.54, 1.807) is 5.56 Å². The number of hydrogen-bond acceptors (Lipinski definition) is 2.